The molecule has 1 saturated carbocycles. The van der Waals surface area contributed by atoms with Crippen molar-refractivity contribution in [2.24, 2.45) is 11.8 Å². The molecular formula is C18H27NO3. The minimum atomic E-state index is -0.0418. The van der Waals surface area contributed by atoms with Gasteiger partial charge in [0, 0.05) is 6.04 Å². The van der Waals surface area contributed by atoms with Crippen LogP contribution in [0.3, 0.4) is 0 Å². The third-order valence-corrected chi connectivity index (χ3v) is 4.56. The molecule has 1 aliphatic rings. The number of amides is 1. The normalized spacial score (nSPS) is 24.6. The summed E-state index contributed by atoms with van der Waals surface area (Å²) in [6, 6.07) is 7.62. The van der Waals surface area contributed by atoms with Crippen LogP contribution in [0.1, 0.15) is 40.0 Å². The van der Waals surface area contributed by atoms with Crippen LogP contribution in [0.2, 0.25) is 0 Å². The molecule has 0 heterocycles. The van der Waals surface area contributed by atoms with Crippen molar-refractivity contribution in [3.05, 3.63) is 24.3 Å². The largest absolute Gasteiger partial charge is 0.494 e. The van der Waals surface area contributed by atoms with E-state index in [1.165, 1.54) is 12.8 Å². The van der Waals surface area contributed by atoms with Gasteiger partial charge >= 0.3 is 0 Å². The van der Waals surface area contributed by atoms with Crippen molar-refractivity contribution in [3.8, 4) is 11.5 Å². The van der Waals surface area contributed by atoms with E-state index < -0.39 is 0 Å². The van der Waals surface area contributed by atoms with Gasteiger partial charge in [0.1, 0.15) is 11.5 Å². The molecular weight excluding hydrogens is 278 g/mol. The zero-order valence-electron chi connectivity index (χ0n) is 13.8. The standard InChI is InChI=1S/C18H27NO3/c1-4-21-15-8-10-16(11-9-15)22-12-18(20)19-17-7-5-6-13(2)14(17)3/h8-11,13-14,17H,4-7,12H2,1-3H3,(H,19,20). The average molecular weight is 305 g/mol. The Labute approximate surface area is 133 Å². The first-order chi connectivity index (χ1) is 10.6. The van der Waals surface area contributed by atoms with Crippen molar-refractivity contribution < 1.29 is 14.3 Å². The Hall–Kier alpha value is -1.71. The lowest BCUT2D eigenvalue weighted by Crippen LogP contribution is -2.45. The lowest BCUT2D eigenvalue weighted by molar-refractivity contribution is -0.124. The van der Waals surface area contributed by atoms with Crippen LogP contribution in [0.5, 0.6) is 11.5 Å². The molecule has 1 aromatic rings. The van der Waals surface area contributed by atoms with Gasteiger partial charge < -0.3 is 14.8 Å². The maximum absolute atomic E-state index is 12.0. The van der Waals surface area contributed by atoms with Gasteiger partial charge in [-0.25, -0.2) is 0 Å². The molecule has 3 atom stereocenters. The summed E-state index contributed by atoms with van der Waals surface area (Å²) in [6.45, 7) is 7.13. The topological polar surface area (TPSA) is 47.6 Å². The Morgan fingerprint density at radius 2 is 1.77 bits per heavy atom. The van der Waals surface area contributed by atoms with Crippen LogP contribution in [0.25, 0.3) is 0 Å². The second-order valence-electron chi connectivity index (χ2n) is 6.13. The summed E-state index contributed by atoms with van der Waals surface area (Å²) < 4.78 is 10.9. The Bertz CT molecular complexity index is 472. The first-order valence-electron chi connectivity index (χ1n) is 8.25. The van der Waals surface area contributed by atoms with Crippen molar-refractivity contribution in [1.82, 2.24) is 5.32 Å². The van der Waals surface area contributed by atoms with Crippen LogP contribution in [0.4, 0.5) is 0 Å². The molecule has 4 heteroatoms. The third-order valence-electron chi connectivity index (χ3n) is 4.56. The number of carbonyl (C=O) groups is 1. The molecule has 1 aromatic carbocycles. The summed E-state index contributed by atoms with van der Waals surface area (Å²) in [6.07, 6.45) is 3.52. The van der Waals surface area contributed by atoms with E-state index in [1.807, 2.05) is 31.2 Å². The van der Waals surface area contributed by atoms with Crippen molar-refractivity contribution in [3.63, 3.8) is 0 Å². The van der Waals surface area contributed by atoms with E-state index in [-0.39, 0.29) is 18.6 Å². The molecule has 0 saturated heterocycles. The van der Waals surface area contributed by atoms with Gasteiger partial charge in [-0.1, -0.05) is 26.7 Å². The molecule has 122 valence electrons. The van der Waals surface area contributed by atoms with E-state index in [4.69, 9.17) is 9.47 Å². The summed E-state index contributed by atoms with van der Waals surface area (Å²) in [5.41, 5.74) is 0. The van der Waals surface area contributed by atoms with Crippen molar-refractivity contribution in [2.75, 3.05) is 13.2 Å². The second kappa shape index (κ2) is 8.06. The van der Waals surface area contributed by atoms with E-state index in [9.17, 15) is 4.79 Å². The molecule has 22 heavy (non-hydrogen) atoms. The Kier molecular flexibility index (Phi) is 6.10. The Morgan fingerprint density at radius 1 is 1.14 bits per heavy atom. The number of nitrogens with one attached hydrogen (secondary N) is 1. The lowest BCUT2D eigenvalue weighted by atomic mass is 9.78. The lowest BCUT2D eigenvalue weighted by Gasteiger charge is -2.34. The molecule has 0 bridgehead atoms. The molecule has 1 amide bonds. The summed E-state index contributed by atoms with van der Waals surface area (Å²) in [5.74, 6) is 2.65. The van der Waals surface area contributed by atoms with Gasteiger partial charge in [0.15, 0.2) is 6.61 Å². The highest BCUT2D eigenvalue weighted by Gasteiger charge is 2.28. The highest BCUT2D eigenvalue weighted by Crippen LogP contribution is 2.29. The molecule has 0 spiro atoms. The molecule has 0 aliphatic heterocycles. The molecule has 3 unspecified atom stereocenters. The molecule has 1 N–H and O–H groups in total. The second-order valence-corrected chi connectivity index (χ2v) is 6.13. The summed E-state index contributed by atoms with van der Waals surface area (Å²) in [4.78, 5) is 12.0. The van der Waals surface area contributed by atoms with Gasteiger partial charge in [-0.05, 0) is 49.4 Å². The number of carbonyl (C=O) groups excluding carboxylic acids is 1. The fourth-order valence-electron chi connectivity index (χ4n) is 2.98. The van der Waals surface area contributed by atoms with Gasteiger partial charge in [0.2, 0.25) is 0 Å². The zero-order chi connectivity index (χ0) is 15.9. The molecule has 4 nitrogen and oxygen atoms in total. The van der Waals surface area contributed by atoms with E-state index in [2.05, 4.69) is 19.2 Å². The number of hydrogen-bond donors (Lipinski definition) is 1. The van der Waals surface area contributed by atoms with Crippen LogP contribution in [0.15, 0.2) is 24.3 Å². The van der Waals surface area contributed by atoms with Crippen molar-refractivity contribution in [1.29, 1.82) is 0 Å². The van der Waals surface area contributed by atoms with Crippen LogP contribution in [0, 0.1) is 11.8 Å². The van der Waals surface area contributed by atoms with Gasteiger partial charge in [0.05, 0.1) is 6.61 Å². The van der Waals surface area contributed by atoms with Crippen LogP contribution in [-0.4, -0.2) is 25.2 Å². The molecule has 0 aromatic heterocycles. The fraction of sp³-hybridized carbons (Fsp3) is 0.611. The van der Waals surface area contributed by atoms with Gasteiger partial charge in [-0.2, -0.15) is 0 Å². The van der Waals surface area contributed by atoms with Crippen LogP contribution in [-0.2, 0) is 4.79 Å². The molecule has 1 aliphatic carbocycles. The highest BCUT2D eigenvalue weighted by molar-refractivity contribution is 5.77. The average Bonchev–Trinajstić information content (AvgIpc) is 2.51. The predicted molar refractivity (Wildman–Crippen MR) is 87.2 cm³/mol. The van der Waals surface area contributed by atoms with E-state index >= 15 is 0 Å². The third kappa shape index (κ3) is 4.65. The van der Waals surface area contributed by atoms with E-state index in [0.717, 1.165) is 12.2 Å². The van der Waals surface area contributed by atoms with Crippen LogP contribution >= 0.6 is 0 Å². The van der Waals surface area contributed by atoms with Gasteiger partial charge in [-0.3, -0.25) is 4.79 Å². The first-order valence-corrected chi connectivity index (χ1v) is 8.25. The predicted octanol–water partition coefficient (Wildman–Crippen LogP) is 3.41. The molecule has 1 fully saturated rings. The van der Waals surface area contributed by atoms with Crippen LogP contribution < -0.4 is 14.8 Å². The number of benzene rings is 1. The van der Waals surface area contributed by atoms with Crippen molar-refractivity contribution in [2.45, 2.75) is 46.1 Å². The highest BCUT2D eigenvalue weighted by atomic mass is 16.5. The minimum absolute atomic E-state index is 0.0418. The van der Waals surface area contributed by atoms with Gasteiger partial charge in [0.25, 0.3) is 5.91 Å². The maximum Gasteiger partial charge on any atom is 0.258 e. The minimum Gasteiger partial charge on any atom is -0.494 e. The number of hydrogen-bond acceptors (Lipinski definition) is 3. The Balaban J connectivity index is 1.77. The first kappa shape index (κ1) is 16.7. The molecule has 0 radical (unpaired) electrons. The smallest absolute Gasteiger partial charge is 0.258 e. The maximum atomic E-state index is 12.0. The van der Waals surface area contributed by atoms with E-state index in [0.29, 0.717) is 24.2 Å². The summed E-state index contributed by atoms with van der Waals surface area (Å²) >= 11 is 0. The zero-order valence-corrected chi connectivity index (χ0v) is 13.8. The van der Waals surface area contributed by atoms with E-state index in [1.54, 1.807) is 0 Å². The quantitative estimate of drug-likeness (QED) is 0.876. The fourth-order valence-corrected chi connectivity index (χ4v) is 2.98. The summed E-state index contributed by atoms with van der Waals surface area (Å²) in [5, 5.41) is 3.11. The summed E-state index contributed by atoms with van der Waals surface area (Å²) in [7, 11) is 0. The monoisotopic (exact) mass is 305 g/mol. The van der Waals surface area contributed by atoms with Gasteiger partial charge in [-0.15, -0.1) is 0 Å². The number of ether oxygens (including phenoxy) is 2. The molecule has 2 rings (SSSR count). The van der Waals surface area contributed by atoms with Crippen molar-refractivity contribution >= 4 is 5.91 Å². The number of rotatable bonds is 6. The SMILES string of the molecule is CCOc1ccc(OCC(=O)NC2CCCC(C)C2C)cc1. The Morgan fingerprint density at radius 3 is 2.41 bits per heavy atom.